The van der Waals surface area contributed by atoms with E-state index >= 15 is 0 Å². The molecule has 1 aromatic heterocycles. The van der Waals surface area contributed by atoms with Crippen LogP contribution >= 0.6 is 0 Å². The van der Waals surface area contributed by atoms with Gasteiger partial charge in [-0.25, -0.2) is 9.78 Å². The Morgan fingerprint density at radius 2 is 1.87 bits per heavy atom. The zero-order chi connectivity index (χ0) is 34.6. The van der Waals surface area contributed by atoms with Gasteiger partial charge in [-0.3, -0.25) is 24.1 Å². The van der Waals surface area contributed by atoms with Gasteiger partial charge in [0.1, 0.15) is 12.1 Å². The molecule has 0 saturated carbocycles. The summed E-state index contributed by atoms with van der Waals surface area (Å²) < 4.78 is 15.6. The van der Waals surface area contributed by atoms with Crippen molar-refractivity contribution >= 4 is 35.5 Å². The van der Waals surface area contributed by atoms with Crippen LogP contribution in [0, 0.1) is 5.92 Å². The second-order valence-corrected chi connectivity index (χ2v) is 12.5. The van der Waals surface area contributed by atoms with E-state index in [0.29, 0.717) is 18.5 Å². The number of aromatic nitrogens is 1. The van der Waals surface area contributed by atoms with Crippen LogP contribution in [0.15, 0.2) is 36.5 Å². The molecule has 1 fully saturated rings. The summed E-state index contributed by atoms with van der Waals surface area (Å²) in [5.74, 6) is -1.65. The van der Waals surface area contributed by atoms with E-state index in [0.717, 1.165) is 17.5 Å². The molecule has 1 atom stereocenters. The number of nitrogens with zero attached hydrogens (tertiary/aromatic N) is 3. The summed E-state index contributed by atoms with van der Waals surface area (Å²) in [7, 11) is 3.04. The van der Waals surface area contributed by atoms with E-state index in [1.165, 1.54) is 12.0 Å². The molecule has 0 spiro atoms. The topological polar surface area (TPSA) is 156 Å². The predicted octanol–water partition coefficient (Wildman–Crippen LogP) is 3.66. The molecule has 2 N–H and O–H groups in total. The number of carbonyl (C=O) groups excluding carboxylic acids is 5. The first kappa shape index (κ1) is 36.9. The second-order valence-electron chi connectivity index (χ2n) is 12.5. The molecule has 13 heteroatoms. The minimum absolute atomic E-state index is 0.0191. The van der Waals surface area contributed by atoms with E-state index in [2.05, 4.69) is 20.4 Å². The second kappa shape index (κ2) is 17.4. The number of carbonyl (C=O) groups is 5. The molecule has 1 unspecified atom stereocenters. The van der Waals surface area contributed by atoms with Gasteiger partial charge in [0.25, 0.3) is 5.91 Å². The van der Waals surface area contributed by atoms with Crippen LogP contribution in [0.25, 0.3) is 11.1 Å². The molecule has 256 valence electrons. The molecule has 0 bridgehead atoms. The highest BCUT2D eigenvalue weighted by Gasteiger charge is 2.30. The molecule has 47 heavy (non-hydrogen) atoms. The first-order valence-corrected chi connectivity index (χ1v) is 15.8. The van der Waals surface area contributed by atoms with Gasteiger partial charge >= 0.3 is 12.1 Å². The van der Waals surface area contributed by atoms with Crippen LogP contribution in [0.3, 0.4) is 0 Å². The zero-order valence-electron chi connectivity index (χ0n) is 28.2. The molecule has 2 heterocycles. The van der Waals surface area contributed by atoms with Crippen LogP contribution in [0.1, 0.15) is 63.0 Å². The van der Waals surface area contributed by atoms with Gasteiger partial charge < -0.3 is 29.7 Å². The van der Waals surface area contributed by atoms with Crippen molar-refractivity contribution in [2.75, 3.05) is 58.9 Å². The molecule has 0 radical (unpaired) electrons. The molecular weight excluding hydrogens is 606 g/mol. The number of nitrogens with one attached hydrogen (secondary N) is 2. The third-order valence-corrected chi connectivity index (χ3v) is 7.48. The number of pyridine rings is 1. The standard InChI is InChI=1S/C34H47N5O8/c1-7-23-9-8-10-25(17-23)26-19-27(31(36-20-26)32(43)35-13-16-46-15-12-30(42)45-6)37-28(40)22-39(33(44)47-34(2,3)4)21-24-11-14-38(5)29(41)18-24/h8-10,17,19-20,24H,7,11-16,18,21-22H2,1-6H3,(H,35,43)(H,37,40). The molecule has 1 saturated heterocycles. The Morgan fingerprint density at radius 1 is 1.11 bits per heavy atom. The summed E-state index contributed by atoms with van der Waals surface area (Å²) in [4.78, 5) is 70.9. The van der Waals surface area contributed by atoms with Crippen LogP contribution in [0.4, 0.5) is 10.5 Å². The third-order valence-electron chi connectivity index (χ3n) is 7.48. The quantitative estimate of drug-likeness (QED) is 0.229. The number of rotatable bonds is 14. The highest BCUT2D eigenvalue weighted by molar-refractivity contribution is 6.03. The van der Waals surface area contributed by atoms with E-state index in [1.54, 1.807) is 45.0 Å². The number of benzene rings is 1. The summed E-state index contributed by atoms with van der Waals surface area (Å²) in [5.41, 5.74) is 2.01. The minimum Gasteiger partial charge on any atom is -0.469 e. The van der Waals surface area contributed by atoms with E-state index in [9.17, 15) is 24.0 Å². The summed E-state index contributed by atoms with van der Waals surface area (Å²) in [6.45, 7) is 8.05. The molecule has 1 aliphatic heterocycles. The van der Waals surface area contributed by atoms with Gasteiger partial charge in [-0.05, 0) is 56.7 Å². The van der Waals surface area contributed by atoms with Crippen molar-refractivity contribution in [3.05, 3.63) is 47.8 Å². The van der Waals surface area contributed by atoms with Gasteiger partial charge in [0.05, 0.1) is 32.4 Å². The lowest BCUT2D eigenvalue weighted by Crippen LogP contribution is -2.46. The average Bonchev–Trinajstić information content (AvgIpc) is 3.03. The molecule has 1 aromatic carbocycles. The molecule has 2 aromatic rings. The lowest BCUT2D eigenvalue weighted by Gasteiger charge is -2.33. The van der Waals surface area contributed by atoms with Crippen LogP contribution in [-0.4, -0.2) is 104 Å². The van der Waals surface area contributed by atoms with Crippen molar-refractivity contribution < 1.29 is 38.2 Å². The first-order chi connectivity index (χ1) is 22.3. The van der Waals surface area contributed by atoms with Gasteiger partial charge in [0, 0.05) is 44.9 Å². The number of aryl methyl sites for hydroxylation is 1. The fraction of sp³-hybridized carbons (Fsp3) is 0.529. The van der Waals surface area contributed by atoms with E-state index in [4.69, 9.17) is 9.47 Å². The maximum Gasteiger partial charge on any atom is 0.410 e. The van der Waals surface area contributed by atoms with Gasteiger partial charge in [0.15, 0.2) is 5.69 Å². The van der Waals surface area contributed by atoms with Crippen molar-refractivity contribution in [1.29, 1.82) is 0 Å². The fourth-order valence-corrected chi connectivity index (χ4v) is 4.92. The maximum atomic E-state index is 13.5. The summed E-state index contributed by atoms with van der Waals surface area (Å²) in [6.07, 6.45) is 2.76. The summed E-state index contributed by atoms with van der Waals surface area (Å²) in [6, 6.07) is 9.55. The minimum atomic E-state index is -0.798. The number of methoxy groups -OCH3 is 1. The number of ether oxygens (including phenoxy) is 3. The summed E-state index contributed by atoms with van der Waals surface area (Å²) in [5, 5.41) is 5.52. The molecule has 1 aliphatic rings. The smallest absolute Gasteiger partial charge is 0.410 e. The van der Waals surface area contributed by atoms with Crippen LogP contribution < -0.4 is 10.6 Å². The van der Waals surface area contributed by atoms with Crippen molar-refractivity contribution in [1.82, 2.24) is 20.1 Å². The Kier molecular flexibility index (Phi) is 13.7. The molecule has 0 aliphatic carbocycles. The van der Waals surface area contributed by atoms with Crippen LogP contribution in [-0.2, 0) is 35.0 Å². The Morgan fingerprint density at radius 3 is 2.55 bits per heavy atom. The maximum absolute atomic E-state index is 13.5. The highest BCUT2D eigenvalue weighted by atomic mass is 16.6. The highest BCUT2D eigenvalue weighted by Crippen LogP contribution is 2.26. The number of hydrogen-bond acceptors (Lipinski definition) is 9. The van der Waals surface area contributed by atoms with Gasteiger partial charge in [-0.2, -0.15) is 0 Å². The Balaban J connectivity index is 1.81. The van der Waals surface area contributed by atoms with Crippen molar-refractivity contribution in [2.24, 2.45) is 5.92 Å². The Bertz CT molecular complexity index is 1420. The van der Waals surface area contributed by atoms with Gasteiger partial charge in [0.2, 0.25) is 11.8 Å². The monoisotopic (exact) mass is 653 g/mol. The third kappa shape index (κ3) is 12.0. The number of hydrogen-bond donors (Lipinski definition) is 2. The summed E-state index contributed by atoms with van der Waals surface area (Å²) >= 11 is 0. The first-order valence-electron chi connectivity index (χ1n) is 15.8. The fourth-order valence-electron chi connectivity index (χ4n) is 4.92. The van der Waals surface area contributed by atoms with E-state index < -0.39 is 29.5 Å². The van der Waals surface area contributed by atoms with E-state index in [-0.39, 0.29) is 68.9 Å². The van der Waals surface area contributed by atoms with Gasteiger partial charge in [-0.1, -0.05) is 31.2 Å². The normalized spacial score (nSPS) is 14.7. The number of amides is 4. The van der Waals surface area contributed by atoms with E-state index in [1.807, 2.05) is 31.2 Å². The number of anilines is 1. The van der Waals surface area contributed by atoms with Crippen LogP contribution in [0.2, 0.25) is 0 Å². The predicted molar refractivity (Wildman–Crippen MR) is 176 cm³/mol. The Labute approximate surface area is 276 Å². The van der Waals surface area contributed by atoms with Crippen LogP contribution in [0.5, 0.6) is 0 Å². The zero-order valence-corrected chi connectivity index (χ0v) is 28.2. The van der Waals surface area contributed by atoms with Crippen molar-refractivity contribution in [3.8, 4) is 11.1 Å². The largest absolute Gasteiger partial charge is 0.469 e. The number of piperidine rings is 1. The molecule has 4 amide bonds. The SMILES string of the molecule is CCc1cccc(-c2cnc(C(=O)NCCOCCC(=O)OC)c(NC(=O)CN(CC3CCN(C)C(=O)C3)C(=O)OC(C)(C)C)c2)c1. The lowest BCUT2D eigenvalue weighted by molar-refractivity contribution is -0.141. The average molecular weight is 654 g/mol. The number of esters is 1. The van der Waals surface area contributed by atoms with Gasteiger partial charge in [-0.15, -0.1) is 0 Å². The molecule has 3 rings (SSSR count). The molecular formula is C34H47N5O8. The Hall–Kier alpha value is -4.52. The van der Waals surface area contributed by atoms with Crippen molar-refractivity contribution in [2.45, 2.75) is 59.0 Å². The van der Waals surface area contributed by atoms with Crippen molar-refractivity contribution in [3.63, 3.8) is 0 Å². The molecule has 13 nitrogen and oxygen atoms in total. The number of likely N-dealkylation sites (tertiary alicyclic amines) is 1. The lowest BCUT2D eigenvalue weighted by atomic mass is 9.96.